The molecule has 0 saturated heterocycles. The summed E-state index contributed by atoms with van der Waals surface area (Å²) in [6.07, 6.45) is 1.22. The van der Waals surface area contributed by atoms with Gasteiger partial charge in [0.1, 0.15) is 6.04 Å². The van der Waals surface area contributed by atoms with Crippen LogP contribution in [0.3, 0.4) is 0 Å². The fourth-order valence-corrected chi connectivity index (χ4v) is 1.12. The van der Waals surface area contributed by atoms with Crippen molar-refractivity contribution in [2.24, 2.45) is 0 Å². The van der Waals surface area contributed by atoms with Gasteiger partial charge >= 0.3 is 0 Å². The van der Waals surface area contributed by atoms with Crippen LogP contribution in [0.15, 0.2) is 0 Å². The molecule has 13 heavy (non-hydrogen) atoms. The van der Waals surface area contributed by atoms with Gasteiger partial charge in [-0.3, -0.25) is 9.59 Å². The second-order valence-corrected chi connectivity index (χ2v) is 3.03. The van der Waals surface area contributed by atoms with Crippen LogP contribution in [0.2, 0.25) is 0 Å². The van der Waals surface area contributed by atoms with Gasteiger partial charge in [0, 0.05) is 19.2 Å². The molecule has 1 atom stereocenters. The van der Waals surface area contributed by atoms with E-state index in [1.54, 1.807) is 0 Å². The van der Waals surface area contributed by atoms with Gasteiger partial charge in [0.05, 0.1) is 0 Å². The summed E-state index contributed by atoms with van der Waals surface area (Å²) in [4.78, 5) is 22.2. The number of amides is 2. The predicted molar refractivity (Wildman–Crippen MR) is 54.8 cm³/mol. The van der Waals surface area contributed by atoms with Crippen molar-refractivity contribution in [1.29, 1.82) is 0 Å². The second kappa shape index (κ2) is 6.77. The van der Waals surface area contributed by atoms with Crippen LogP contribution in [0.5, 0.6) is 0 Å². The van der Waals surface area contributed by atoms with E-state index >= 15 is 0 Å². The molecule has 0 unspecified atom stereocenters. The van der Waals surface area contributed by atoms with Crippen LogP contribution in [0.25, 0.3) is 0 Å². The van der Waals surface area contributed by atoms with Gasteiger partial charge in [-0.1, -0.05) is 6.92 Å². The molecule has 0 saturated carbocycles. The zero-order valence-electron chi connectivity index (χ0n) is 7.96. The Labute approximate surface area is 83.9 Å². The maximum atomic E-state index is 11.1. The highest BCUT2D eigenvalue weighted by Crippen LogP contribution is 1.92. The van der Waals surface area contributed by atoms with Gasteiger partial charge in [0.25, 0.3) is 0 Å². The SMILES string of the molecule is CCCC(=O)N[C@H](CS)C(=O)NC. The Hall–Kier alpha value is -0.710. The molecule has 0 aliphatic heterocycles. The molecular formula is C8H16N2O2S. The van der Waals surface area contributed by atoms with E-state index in [2.05, 4.69) is 23.3 Å². The molecule has 0 aliphatic rings. The standard InChI is InChI=1S/C8H16N2O2S/c1-3-4-7(11)10-6(5-13)8(12)9-2/h6,13H,3-5H2,1-2H3,(H,9,12)(H,10,11)/t6-/m1/s1. The van der Waals surface area contributed by atoms with E-state index in [0.29, 0.717) is 12.2 Å². The van der Waals surface area contributed by atoms with Crippen LogP contribution >= 0.6 is 12.6 Å². The van der Waals surface area contributed by atoms with Crippen molar-refractivity contribution in [3.05, 3.63) is 0 Å². The molecule has 0 fully saturated rings. The van der Waals surface area contributed by atoms with Crippen molar-refractivity contribution in [2.45, 2.75) is 25.8 Å². The Kier molecular flexibility index (Phi) is 6.40. The Morgan fingerprint density at radius 2 is 2.08 bits per heavy atom. The van der Waals surface area contributed by atoms with E-state index in [4.69, 9.17) is 0 Å². The average molecular weight is 204 g/mol. The summed E-state index contributed by atoms with van der Waals surface area (Å²) < 4.78 is 0. The summed E-state index contributed by atoms with van der Waals surface area (Å²) in [5.41, 5.74) is 0. The predicted octanol–water partition coefficient (Wildman–Crippen LogP) is -0.0529. The molecule has 0 rings (SSSR count). The minimum Gasteiger partial charge on any atom is -0.357 e. The van der Waals surface area contributed by atoms with Gasteiger partial charge in [-0.15, -0.1) is 0 Å². The van der Waals surface area contributed by atoms with Crippen molar-refractivity contribution >= 4 is 24.4 Å². The minimum atomic E-state index is -0.521. The van der Waals surface area contributed by atoms with E-state index in [9.17, 15) is 9.59 Å². The summed E-state index contributed by atoms with van der Waals surface area (Å²) in [5.74, 6) is -0.000572. The Morgan fingerprint density at radius 1 is 1.46 bits per heavy atom. The Bertz CT molecular complexity index is 185. The largest absolute Gasteiger partial charge is 0.357 e. The van der Waals surface area contributed by atoms with Crippen LogP contribution < -0.4 is 10.6 Å². The number of hydrogen-bond donors (Lipinski definition) is 3. The lowest BCUT2D eigenvalue weighted by atomic mass is 10.2. The van der Waals surface area contributed by atoms with E-state index < -0.39 is 6.04 Å². The fourth-order valence-electron chi connectivity index (χ4n) is 0.862. The van der Waals surface area contributed by atoms with Crippen LogP contribution in [-0.4, -0.2) is 30.7 Å². The van der Waals surface area contributed by atoms with Crippen molar-refractivity contribution in [1.82, 2.24) is 10.6 Å². The van der Waals surface area contributed by atoms with E-state index in [1.165, 1.54) is 7.05 Å². The molecule has 76 valence electrons. The summed E-state index contributed by atoms with van der Waals surface area (Å²) in [6.45, 7) is 1.91. The highest BCUT2D eigenvalue weighted by atomic mass is 32.1. The number of likely N-dealkylation sites (N-methyl/N-ethyl adjacent to an activating group) is 1. The molecule has 0 aromatic carbocycles. The van der Waals surface area contributed by atoms with Gasteiger partial charge in [0.2, 0.25) is 11.8 Å². The first kappa shape index (κ1) is 12.3. The van der Waals surface area contributed by atoms with Gasteiger partial charge in [-0.2, -0.15) is 12.6 Å². The molecule has 0 bridgehead atoms. The maximum absolute atomic E-state index is 11.1. The highest BCUT2D eigenvalue weighted by Gasteiger charge is 2.16. The molecule has 0 aliphatic carbocycles. The normalized spacial score (nSPS) is 11.9. The van der Waals surface area contributed by atoms with Crippen LogP contribution in [0.4, 0.5) is 0 Å². The molecule has 2 amide bonds. The maximum Gasteiger partial charge on any atom is 0.243 e. The number of hydrogen-bond acceptors (Lipinski definition) is 3. The smallest absolute Gasteiger partial charge is 0.243 e. The average Bonchev–Trinajstić information content (AvgIpc) is 2.13. The first-order chi connectivity index (χ1) is 6.15. The lowest BCUT2D eigenvalue weighted by Gasteiger charge is -2.14. The van der Waals surface area contributed by atoms with Gasteiger partial charge < -0.3 is 10.6 Å². The van der Waals surface area contributed by atoms with Gasteiger partial charge in [-0.25, -0.2) is 0 Å². The monoisotopic (exact) mass is 204 g/mol. The summed E-state index contributed by atoms with van der Waals surface area (Å²) in [7, 11) is 1.53. The molecule has 2 N–H and O–H groups in total. The number of rotatable bonds is 5. The number of thiol groups is 1. The van der Waals surface area contributed by atoms with Crippen LogP contribution in [0, 0.1) is 0 Å². The van der Waals surface area contributed by atoms with E-state index in [0.717, 1.165) is 6.42 Å². The molecular weight excluding hydrogens is 188 g/mol. The fraction of sp³-hybridized carbons (Fsp3) is 0.750. The van der Waals surface area contributed by atoms with Crippen molar-refractivity contribution in [3.8, 4) is 0 Å². The first-order valence-corrected chi connectivity index (χ1v) is 4.90. The lowest BCUT2D eigenvalue weighted by molar-refractivity contribution is -0.128. The molecule has 4 nitrogen and oxygen atoms in total. The quantitative estimate of drug-likeness (QED) is 0.550. The molecule has 0 heterocycles. The third-order valence-corrected chi connectivity index (χ3v) is 1.92. The van der Waals surface area contributed by atoms with Crippen LogP contribution in [0.1, 0.15) is 19.8 Å². The zero-order valence-corrected chi connectivity index (χ0v) is 8.86. The topological polar surface area (TPSA) is 58.2 Å². The van der Waals surface area contributed by atoms with Crippen molar-refractivity contribution in [2.75, 3.05) is 12.8 Å². The third kappa shape index (κ3) is 4.77. The van der Waals surface area contributed by atoms with E-state index in [1.807, 2.05) is 6.92 Å². The molecule has 0 aromatic rings. The highest BCUT2D eigenvalue weighted by molar-refractivity contribution is 7.80. The summed E-state index contributed by atoms with van der Waals surface area (Å²) in [6, 6.07) is -0.521. The lowest BCUT2D eigenvalue weighted by Crippen LogP contribution is -2.46. The third-order valence-electron chi connectivity index (χ3n) is 1.56. The van der Waals surface area contributed by atoms with Gasteiger partial charge in [0.15, 0.2) is 0 Å². The van der Waals surface area contributed by atoms with Crippen molar-refractivity contribution in [3.63, 3.8) is 0 Å². The Morgan fingerprint density at radius 3 is 2.46 bits per heavy atom. The van der Waals surface area contributed by atoms with Crippen LogP contribution in [-0.2, 0) is 9.59 Å². The second-order valence-electron chi connectivity index (χ2n) is 2.67. The Balaban J connectivity index is 3.97. The van der Waals surface area contributed by atoms with Crippen molar-refractivity contribution < 1.29 is 9.59 Å². The molecule has 0 spiro atoms. The van der Waals surface area contributed by atoms with Gasteiger partial charge in [-0.05, 0) is 6.42 Å². The zero-order chi connectivity index (χ0) is 10.3. The van der Waals surface area contributed by atoms with E-state index in [-0.39, 0.29) is 11.8 Å². The summed E-state index contributed by atoms with van der Waals surface area (Å²) >= 11 is 3.98. The molecule has 5 heteroatoms. The first-order valence-electron chi connectivity index (χ1n) is 4.27. The number of carbonyl (C=O) groups is 2. The molecule has 0 aromatic heterocycles. The minimum absolute atomic E-state index is 0.106. The number of carbonyl (C=O) groups excluding carboxylic acids is 2. The number of nitrogens with one attached hydrogen (secondary N) is 2. The molecule has 0 radical (unpaired) electrons. The summed E-state index contributed by atoms with van der Waals surface area (Å²) in [5, 5.41) is 5.05.